The van der Waals surface area contributed by atoms with Crippen molar-refractivity contribution in [2.24, 2.45) is 5.92 Å². The molecule has 1 fully saturated rings. The summed E-state index contributed by atoms with van der Waals surface area (Å²) in [6.07, 6.45) is 2.66. The molecule has 2 N–H and O–H groups in total. The average Bonchev–Trinajstić information content (AvgIpc) is 2.93. The van der Waals surface area contributed by atoms with Gasteiger partial charge in [-0.05, 0) is 32.4 Å². The maximum atomic E-state index is 12.1. The van der Waals surface area contributed by atoms with Crippen molar-refractivity contribution < 1.29 is 9.53 Å². The SMILES string of the molecule is CCNc1ccnc(C(=O)NC(C)C2CCOC2)c1. The average molecular weight is 263 g/mol. The van der Waals surface area contributed by atoms with Crippen LogP contribution in [0.15, 0.2) is 18.3 Å². The van der Waals surface area contributed by atoms with Gasteiger partial charge in [0.25, 0.3) is 5.91 Å². The van der Waals surface area contributed by atoms with Gasteiger partial charge in [0, 0.05) is 37.0 Å². The monoisotopic (exact) mass is 263 g/mol. The molecule has 1 aromatic heterocycles. The van der Waals surface area contributed by atoms with Gasteiger partial charge < -0.3 is 15.4 Å². The van der Waals surface area contributed by atoms with Gasteiger partial charge in [0.1, 0.15) is 5.69 Å². The topological polar surface area (TPSA) is 63.2 Å². The highest BCUT2D eigenvalue weighted by Crippen LogP contribution is 2.17. The zero-order valence-electron chi connectivity index (χ0n) is 11.5. The minimum absolute atomic E-state index is 0.111. The number of amides is 1. The molecule has 2 heterocycles. The summed E-state index contributed by atoms with van der Waals surface area (Å²) in [5, 5.41) is 6.17. The van der Waals surface area contributed by atoms with Crippen LogP contribution < -0.4 is 10.6 Å². The van der Waals surface area contributed by atoms with Gasteiger partial charge in [-0.15, -0.1) is 0 Å². The van der Waals surface area contributed by atoms with Gasteiger partial charge in [0.2, 0.25) is 0 Å². The van der Waals surface area contributed by atoms with Crippen molar-refractivity contribution in [1.29, 1.82) is 0 Å². The molecule has 0 bridgehead atoms. The lowest BCUT2D eigenvalue weighted by atomic mass is 10.0. The molecule has 2 rings (SSSR count). The van der Waals surface area contributed by atoms with E-state index < -0.39 is 0 Å². The molecule has 0 radical (unpaired) electrons. The first-order valence-corrected chi connectivity index (χ1v) is 6.79. The molecular formula is C14H21N3O2. The lowest BCUT2D eigenvalue weighted by molar-refractivity contribution is 0.0917. The summed E-state index contributed by atoms with van der Waals surface area (Å²) in [7, 11) is 0. The predicted octanol–water partition coefficient (Wildman–Crippen LogP) is 1.67. The summed E-state index contributed by atoms with van der Waals surface area (Å²) < 4.78 is 5.34. The zero-order chi connectivity index (χ0) is 13.7. The minimum Gasteiger partial charge on any atom is -0.385 e. The Hall–Kier alpha value is -1.62. The molecule has 5 heteroatoms. The third kappa shape index (κ3) is 3.67. The molecule has 19 heavy (non-hydrogen) atoms. The Morgan fingerprint density at radius 3 is 3.16 bits per heavy atom. The Morgan fingerprint density at radius 1 is 1.63 bits per heavy atom. The molecule has 1 saturated heterocycles. The Balaban J connectivity index is 1.96. The van der Waals surface area contributed by atoms with Crippen LogP contribution >= 0.6 is 0 Å². The number of rotatable bonds is 5. The first-order valence-electron chi connectivity index (χ1n) is 6.79. The van der Waals surface area contributed by atoms with E-state index in [9.17, 15) is 4.79 Å². The smallest absolute Gasteiger partial charge is 0.270 e. The number of aromatic nitrogens is 1. The van der Waals surface area contributed by atoms with E-state index in [1.165, 1.54) is 0 Å². The first kappa shape index (κ1) is 13.8. The molecule has 0 aromatic carbocycles. The number of nitrogens with zero attached hydrogens (tertiary/aromatic N) is 1. The standard InChI is InChI=1S/C14H21N3O2/c1-3-15-12-4-6-16-13(8-12)14(18)17-10(2)11-5-7-19-9-11/h4,6,8,10-11H,3,5,7,9H2,1-2H3,(H,15,16)(H,17,18). The van der Waals surface area contributed by atoms with Crippen LogP contribution in [0.25, 0.3) is 0 Å². The Bertz CT molecular complexity index is 430. The number of ether oxygens (including phenoxy) is 1. The molecule has 1 amide bonds. The fourth-order valence-corrected chi connectivity index (χ4v) is 2.21. The van der Waals surface area contributed by atoms with Crippen molar-refractivity contribution in [2.45, 2.75) is 26.3 Å². The van der Waals surface area contributed by atoms with E-state index in [0.717, 1.165) is 31.9 Å². The normalized spacial score (nSPS) is 20.0. The maximum Gasteiger partial charge on any atom is 0.270 e. The molecule has 104 valence electrons. The van der Waals surface area contributed by atoms with Crippen molar-refractivity contribution >= 4 is 11.6 Å². The first-order chi connectivity index (χ1) is 9.20. The largest absolute Gasteiger partial charge is 0.385 e. The van der Waals surface area contributed by atoms with Crippen molar-refractivity contribution in [3.8, 4) is 0 Å². The van der Waals surface area contributed by atoms with Gasteiger partial charge in [0.15, 0.2) is 0 Å². The second-order valence-corrected chi connectivity index (χ2v) is 4.85. The Morgan fingerprint density at radius 2 is 2.47 bits per heavy atom. The highest BCUT2D eigenvalue weighted by Gasteiger charge is 2.24. The molecule has 0 spiro atoms. The molecule has 2 unspecified atom stereocenters. The van der Waals surface area contributed by atoms with E-state index in [0.29, 0.717) is 11.6 Å². The van der Waals surface area contributed by atoms with Crippen LogP contribution in [-0.2, 0) is 4.74 Å². The van der Waals surface area contributed by atoms with E-state index in [1.54, 1.807) is 12.3 Å². The number of carbonyl (C=O) groups excluding carboxylic acids is 1. The van der Waals surface area contributed by atoms with E-state index in [4.69, 9.17) is 4.74 Å². The van der Waals surface area contributed by atoms with E-state index in [2.05, 4.69) is 15.6 Å². The van der Waals surface area contributed by atoms with E-state index in [1.807, 2.05) is 19.9 Å². The van der Waals surface area contributed by atoms with Crippen molar-refractivity contribution in [1.82, 2.24) is 10.3 Å². The second-order valence-electron chi connectivity index (χ2n) is 4.85. The Labute approximate surface area is 113 Å². The lowest BCUT2D eigenvalue weighted by Crippen LogP contribution is -2.38. The summed E-state index contributed by atoms with van der Waals surface area (Å²) >= 11 is 0. The molecule has 0 aliphatic carbocycles. The molecule has 1 aliphatic heterocycles. The summed E-state index contributed by atoms with van der Waals surface area (Å²) in [6.45, 7) is 6.37. The third-order valence-electron chi connectivity index (χ3n) is 3.40. The van der Waals surface area contributed by atoms with Crippen LogP contribution in [0.2, 0.25) is 0 Å². The predicted molar refractivity (Wildman–Crippen MR) is 74.3 cm³/mol. The quantitative estimate of drug-likeness (QED) is 0.848. The van der Waals surface area contributed by atoms with Gasteiger partial charge in [-0.3, -0.25) is 9.78 Å². The van der Waals surface area contributed by atoms with Gasteiger partial charge in [-0.1, -0.05) is 0 Å². The highest BCUT2D eigenvalue weighted by atomic mass is 16.5. The van der Waals surface area contributed by atoms with Gasteiger partial charge in [0.05, 0.1) is 6.61 Å². The summed E-state index contributed by atoms with van der Waals surface area (Å²) in [5.74, 6) is 0.278. The lowest BCUT2D eigenvalue weighted by Gasteiger charge is -2.19. The fourth-order valence-electron chi connectivity index (χ4n) is 2.21. The van der Waals surface area contributed by atoms with Crippen molar-refractivity contribution in [3.05, 3.63) is 24.0 Å². The fraction of sp³-hybridized carbons (Fsp3) is 0.571. The number of hydrogen-bond donors (Lipinski definition) is 2. The van der Waals surface area contributed by atoms with Gasteiger partial charge in [-0.2, -0.15) is 0 Å². The van der Waals surface area contributed by atoms with E-state index in [-0.39, 0.29) is 11.9 Å². The molecule has 5 nitrogen and oxygen atoms in total. The number of anilines is 1. The van der Waals surface area contributed by atoms with Crippen molar-refractivity contribution in [2.75, 3.05) is 25.1 Å². The van der Waals surface area contributed by atoms with Crippen LogP contribution in [-0.4, -0.2) is 36.7 Å². The van der Waals surface area contributed by atoms with Gasteiger partial charge in [-0.25, -0.2) is 0 Å². The highest BCUT2D eigenvalue weighted by molar-refractivity contribution is 5.93. The zero-order valence-corrected chi connectivity index (χ0v) is 11.5. The molecular weight excluding hydrogens is 242 g/mol. The van der Waals surface area contributed by atoms with Crippen LogP contribution in [0.3, 0.4) is 0 Å². The molecule has 1 aromatic rings. The summed E-state index contributed by atoms with van der Waals surface area (Å²) in [5.41, 5.74) is 1.36. The number of hydrogen-bond acceptors (Lipinski definition) is 4. The number of nitrogens with one attached hydrogen (secondary N) is 2. The number of pyridine rings is 1. The number of carbonyl (C=O) groups is 1. The van der Waals surface area contributed by atoms with Crippen LogP contribution in [0.4, 0.5) is 5.69 Å². The molecule has 0 saturated carbocycles. The summed E-state index contributed by atoms with van der Waals surface area (Å²) in [4.78, 5) is 16.2. The maximum absolute atomic E-state index is 12.1. The molecule has 2 atom stereocenters. The minimum atomic E-state index is -0.126. The van der Waals surface area contributed by atoms with Crippen molar-refractivity contribution in [3.63, 3.8) is 0 Å². The second kappa shape index (κ2) is 6.52. The molecule has 1 aliphatic rings. The van der Waals surface area contributed by atoms with E-state index >= 15 is 0 Å². The third-order valence-corrected chi connectivity index (χ3v) is 3.40. The Kier molecular flexibility index (Phi) is 4.74. The van der Waals surface area contributed by atoms with Crippen LogP contribution in [0.5, 0.6) is 0 Å². The van der Waals surface area contributed by atoms with Crippen LogP contribution in [0, 0.1) is 5.92 Å². The van der Waals surface area contributed by atoms with Gasteiger partial charge >= 0.3 is 0 Å². The summed E-state index contributed by atoms with van der Waals surface area (Å²) in [6, 6.07) is 3.74. The van der Waals surface area contributed by atoms with Crippen LogP contribution in [0.1, 0.15) is 30.8 Å².